The van der Waals surface area contributed by atoms with Gasteiger partial charge < -0.3 is 4.74 Å². The molecule has 3 nitrogen and oxygen atoms in total. The number of halogens is 1. The van der Waals surface area contributed by atoms with Crippen LogP contribution in [0.1, 0.15) is 65.7 Å². The summed E-state index contributed by atoms with van der Waals surface area (Å²) in [5.41, 5.74) is 0.839. The molecule has 3 saturated carbocycles. The SMILES string of the molecule is CC(=O)O[C@H]1CC[C@@]2(C)C(=C[C@H](F)[C@@H]3[C@@H]2CC[C@]2(C)C(=O)CC[C@@H]32)C1. The van der Waals surface area contributed by atoms with E-state index < -0.39 is 6.17 Å². The van der Waals surface area contributed by atoms with Crippen LogP contribution in [0.15, 0.2) is 11.6 Å². The standard InChI is InChI=1S/C21H29FO3/c1-12(23)25-14-6-8-20(2)13(10-14)11-17(22)19-15-4-5-18(24)21(15,3)9-7-16(19)20/h11,14-17,19H,4-10H2,1-3H3/t14-,15-,16-,17-,19-,20-,21-/m0/s1. The summed E-state index contributed by atoms with van der Waals surface area (Å²) in [5, 5.41) is 0. The van der Waals surface area contributed by atoms with E-state index in [1.165, 1.54) is 6.92 Å². The number of ketones is 1. The Balaban J connectivity index is 1.65. The lowest BCUT2D eigenvalue weighted by atomic mass is 9.47. The molecule has 4 aliphatic carbocycles. The first-order valence-corrected chi connectivity index (χ1v) is 9.81. The van der Waals surface area contributed by atoms with Gasteiger partial charge in [0.05, 0.1) is 0 Å². The summed E-state index contributed by atoms with van der Waals surface area (Å²) in [6.45, 7) is 5.80. The number of alkyl halides is 1. The molecular weight excluding hydrogens is 319 g/mol. The molecule has 3 fully saturated rings. The summed E-state index contributed by atoms with van der Waals surface area (Å²) >= 11 is 0. The van der Waals surface area contributed by atoms with Crippen molar-refractivity contribution in [3.05, 3.63) is 11.6 Å². The molecule has 138 valence electrons. The van der Waals surface area contributed by atoms with Gasteiger partial charge in [-0.05, 0) is 49.4 Å². The lowest BCUT2D eigenvalue weighted by molar-refractivity contribution is -0.149. The lowest BCUT2D eigenvalue weighted by Crippen LogP contribution is -2.54. The van der Waals surface area contributed by atoms with Gasteiger partial charge in [-0.2, -0.15) is 0 Å². The maximum Gasteiger partial charge on any atom is 0.302 e. The van der Waals surface area contributed by atoms with Crippen LogP contribution >= 0.6 is 0 Å². The van der Waals surface area contributed by atoms with Crippen LogP contribution < -0.4 is 0 Å². The number of hydrogen-bond acceptors (Lipinski definition) is 3. The van der Waals surface area contributed by atoms with Crippen molar-refractivity contribution in [1.29, 1.82) is 0 Å². The van der Waals surface area contributed by atoms with Crippen LogP contribution in [-0.4, -0.2) is 24.0 Å². The summed E-state index contributed by atoms with van der Waals surface area (Å²) in [7, 11) is 0. The minimum Gasteiger partial charge on any atom is -0.462 e. The molecule has 0 aromatic rings. The van der Waals surface area contributed by atoms with E-state index in [-0.39, 0.29) is 34.7 Å². The zero-order valence-corrected chi connectivity index (χ0v) is 15.5. The highest BCUT2D eigenvalue weighted by Crippen LogP contribution is 2.64. The monoisotopic (exact) mass is 348 g/mol. The molecule has 4 rings (SSSR count). The molecule has 0 spiro atoms. The zero-order valence-electron chi connectivity index (χ0n) is 15.5. The average Bonchev–Trinajstić information content (AvgIpc) is 2.84. The van der Waals surface area contributed by atoms with Crippen LogP contribution in [0.3, 0.4) is 0 Å². The first-order chi connectivity index (χ1) is 11.8. The number of carbonyl (C=O) groups is 2. The number of esters is 1. The van der Waals surface area contributed by atoms with Gasteiger partial charge in [0.2, 0.25) is 0 Å². The topological polar surface area (TPSA) is 43.4 Å². The third-order valence-electron chi connectivity index (χ3n) is 8.09. The van der Waals surface area contributed by atoms with Crippen molar-refractivity contribution < 1.29 is 18.7 Å². The summed E-state index contributed by atoms with van der Waals surface area (Å²) in [6.07, 6.45) is 6.53. The summed E-state index contributed by atoms with van der Waals surface area (Å²) in [6, 6.07) is 0. The molecule has 0 aromatic heterocycles. The number of hydrogen-bond donors (Lipinski definition) is 0. The fourth-order valence-electron chi connectivity index (χ4n) is 6.68. The Morgan fingerprint density at radius 3 is 2.56 bits per heavy atom. The predicted molar refractivity (Wildman–Crippen MR) is 92.5 cm³/mol. The summed E-state index contributed by atoms with van der Waals surface area (Å²) in [4.78, 5) is 23.7. The normalized spacial score (nSPS) is 48.9. The molecule has 0 aliphatic heterocycles. The van der Waals surface area contributed by atoms with Crippen LogP contribution in [0, 0.1) is 28.6 Å². The Morgan fingerprint density at radius 1 is 1.16 bits per heavy atom. The second-order valence-electron chi connectivity index (χ2n) is 9.24. The summed E-state index contributed by atoms with van der Waals surface area (Å²) in [5.74, 6) is 0.572. The lowest BCUT2D eigenvalue weighted by Gasteiger charge is -2.57. The third kappa shape index (κ3) is 2.43. The quantitative estimate of drug-likeness (QED) is 0.521. The van der Waals surface area contributed by atoms with Gasteiger partial charge in [0.25, 0.3) is 0 Å². The van der Waals surface area contributed by atoms with E-state index in [1.807, 2.05) is 6.08 Å². The number of allylic oxidation sites excluding steroid dienone is 1. The largest absolute Gasteiger partial charge is 0.462 e. The smallest absolute Gasteiger partial charge is 0.302 e. The maximum absolute atomic E-state index is 15.3. The molecule has 0 amide bonds. The Morgan fingerprint density at radius 2 is 1.84 bits per heavy atom. The van der Waals surface area contributed by atoms with Gasteiger partial charge in [0, 0.05) is 31.1 Å². The molecule has 4 heteroatoms. The molecule has 7 atom stereocenters. The van der Waals surface area contributed by atoms with E-state index in [2.05, 4.69) is 13.8 Å². The maximum atomic E-state index is 15.3. The fraction of sp³-hybridized carbons (Fsp3) is 0.810. The van der Waals surface area contributed by atoms with Crippen molar-refractivity contribution in [3.63, 3.8) is 0 Å². The molecule has 0 bridgehead atoms. The molecule has 0 N–H and O–H groups in total. The first kappa shape index (κ1) is 17.2. The highest BCUT2D eigenvalue weighted by molar-refractivity contribution is 5.87. The van der Waals surface area contributed by atoms with E-state index >= 15 is 4.39 Å². The van der Waals surface area contributed by atoms with Crippen molar-refractivity contribution in [2.75, 3.05) is 0 Å². The molecule has 0 heterocycles. The Kier molecular flexibility index (Phi) is 3.90. The molecule has 0 radical (unpaired) electrons. The predicted octanol–water partition coefficient (Wildman–Crippen LogP) is 4.40. The van der Waals surface area contributed by atoms with Crippen molar-refractivity contribution in [3.8, 4) is 0 Å². The van der Waals surface area contributed by atoms with Crippen molar-refractivity contribution in [2.45, 2.75) is 78.0 Å². The number of rotatable bonds is 1. The summed E-state index contributed by atoms with van der Waals surface area (Å²) < 4.78 is 20.7. The number of fused-ring (bicyclic) bond motifs is 5. The minimum absolute atomic E-state index is 0.00310. The van der Waals surface area contributed by atoms with E-state index in [0.29, 0.717) is 24.5 Å². The third-order valence-corrected chi connectivity index (χ3v) is 8.09. The molecule has 0 aromatic carbocycles. The Bertz CT molecular complexity index is 641. The van der Waals surface area contributed by atoms with Gasteiger partial charge in [-0.25, -0.2) is 4.39 Å². The van der Waals surface area contributed by atoms with E-state index in [4.69, 9.17) is 4.74 Å². The highest BCUT2D eigenvalue weighted by atomic mass is 19.1. The number of Topliss-reactive ketones (excluding diaryl/α,β-unsaturated/α-hetero) is 1. The van der Waals surface area contributed by atoms with Crippen molar-refractivity contribution in [1.82, 2.24) is 0 Å². The van der Waals surface area contributed by atoms with Gasteiger partial charge in [0.15, 0.2) is 0 Å². The highest BCUT2D eigenvalue weighted by Gasteiger charge is 2.61. The van der Waals surface area contributed by atoms with Crippen LogP contribution in [0.2, 0.25) is 0 Å². The van der Waals surface area contributed by atoms with Gasteiger partial charge in [-0.1, -0.05) is 25.5 Å². The Labute approximate surface area is 149 Å². The van der Waals surface area contributed by atoms with Crippen LogP contribution in [0.25, 0.3) is 0 Å². The molecule has 4 aliphatic rings. The molecule has 0 saturated heterocycles. The fourth-order valence-corrected chi connectivity index (χ4v) is 6.68. The average molecular weight is 348 g/mol. The van der Waals surface area contributed by atoms with Gasteiger partial charge >= 0.3 is 5.97 Å². The number of carbonyl (C=O) groups excluding carboxylic acids is 2. The molecule has 25 heavy (non-hydrogen) atoms. The first-order valence-electron chi connectivity index (χ1n) is 9.81. The Hall–Kier alpha value is -1.19. The second kappa shape index (κ2) is 5.65. The van der Waals surface area contributed by atoms with Gasteiger partial charge in [-0.3, -0.25) is 9.59 Å². The zero-order chi connectivity index (χ0) is 18.0. The van der Waals surface area contributed by atoms with Crippen LogP contribution in [-0.2, 0) is 14.3 Å². The van der Waals surface area contributed by atoms with Crippen molar-refractivity contribution >= 4 is 11.8 Å². The van der Waals surface area contributed by atoms with E-state index in [1.54, 1.807) is 0 Å². The molecule has 0 unspecified atom stereocenters. The molecular formula is C21H29FO3. The van der Waals surface area contributed by atoms with Gasteiger partial charge in [0.1, 0.15) is 18.1 Å². The van der Waals surface area contributed by atoms with Gasteiger partial charge in [-0.15, -0.1) is 0 Å². The van der Waals surface area contributed by atoms with E-state index in [9.17, 15) is 9.59 Å². The van der Waals surface area contributed by atoms with Crippen LogP contribution in [0.4, 0.5) is 4.39 Å². The van der Waals surface area contributed by atoms with Crippen molar-refractivity contribution in [2.24, 2.45) is 28.6 Å². The van der Waals surface area contributed by atoms with Crippen LogP contribution in [0.5, 0.6) is 0 Å². The minimum atomic E-state index is -0.973. The van der Waals surface area contributed by atoms with E-state index in [0.717, 1.165) is 37.7 Å². The number of ether oxygens (including phenoxy) is 1. The second-order valence-corrected chi connectivity index (χ2v) is 9.24.